The highest BCUT2D eigenvalue weighted by Crippen LogP contribution is 2.19. The van der Waals surface area contributed by atoms with E-state index in [9.17, 15) is 9.59 Å². The summed E-state index contributed by atoms with van der Waals surface area (Å²) < 4.78 is 0. The van der Waals surface area contributed by atoms with Gasteiger partial charge < -0.3 is 10.6 Å². The van der Waals surface area contributed by atoms with Crippen LogP contribution in [0.5, 0.6) is 0 Å². The molecule has 5 nitrogen and oxygen atoms in total. The minimum atomic E-state index is -0.0499. The summed E-state index contributed by atoms with van der Waals surface area (Å²) in [6.07, 6.45) is 3.47. The topological polar surface area (TPSA) is 61.4 Å². The number of nitrogens with one attached hydrogen (secondary N) is 2. The second-order valence-corrected chi connectivity index (χ2v) is 6.65. The second-order valence-electron chi connectivity index (χ2n) is 6.65. The zero-order valence-corrected chi connectivity index (χ0v) is 14.8. The molecule has 1 fully saturated rings. The van der Waals surface area contributed by atoms with Crippen molar-refractivity contribution >= 4 is 11.8 Å². The van der Waals surface area contributed by atoms with Crippen LogP contribution >= 0.6 is 0 Å². The predicted molar refractivity (Wildman–Crippen MR) is 95.4 cm³/mol. The largest absolute Gasteiger partial charge is 0.354 e. The maximum Gasteiger partial charge on any atom is 0.237 e. The Morgan fingerprint density at radius 1 is 1.17 bits per heavy atom. The van der Waals surface area contributed by atoms with Gasteiger partial charge in [-0.05, 0) is 38.8 Å². The average molecular weight is 331 g/mol. The van der Waals surface area contributed by atoms with Crippen LogP contribution in [0.1, 0.15) is 45.1 Å². The lowest BCUT2D eigenvalue weighted by atomic mass is 9.99. The van der Waals surface area contributed by atoms with Crippen LogP contribution in [0.25, 0.3) is 0 Å². The fourth-order valence-electron chi connectivity index (χ4n) is 3.16. The summed E-state index contributed by atoms with van der Waals surface area (Å²) in [7, 11) is 0. The third kappa shape index (κ3) is 5.64. The van der Waals surface area contributed by atoms with Gasteiger partial charge in [-0.2, -0.15) is 0 Å². The average Bonchev–Trinajstić information content (AvgIpc) is 2.60. The first-order valence-corrected chi connectivity index (χ1v) is 8.92. The molecule has 1 aliphatic rings. The lowest BCUT2D eigenvalue weighted by molar-refractivity contribution is -0.128. The number of nitrogens with zero attached hydrogens (tertiary/aromatic N) is 1. The van der Waals surface area contributed by atoms with Crippen LogP contribution in [-0.2, 0) is 16.1 Å². The van der Waals surface area contributed by atoms with E-state index in [1.807, 2.05) is 30.3 Å². The van der Waals surface area contributed by atoms with Gasteiger partial charge in [0.1, 0.15) is 0 Å². The van der Waals surface area contributed by atoms with Gasteiger partial charge in [-0.1, -0.05) is 36.8 Å². The molecule has 5 heteroatoms. The molecule has 1 aliphatic heterocycles. The van der Waals surface area contributed by atoms with Crippen LogP contribution in [0.3, 0.4) is 0 Å². The predicted octanol–water partition coefficient (Wildman–Crippen LogP) is 2.07. The molecule has 24 heavy (non-hydrogen) atoms. The quantitative estimate of drug-likeness (QED) is 0.804. The minimum Gasteiger partial charge on any atom is -0.354 e. The van der Waals surface area contributed by atoms with Crippen LogP contribution in [0.2, 0.25) is 0 Å². The number of hydrogen-bond acceptors (Lipinski definition) is 3. The van der Waals surface area contributed by atoms with E-state index in [1.54, 1.807) is 0 Å². The summed E-state index contributed by atoms with van der Waals surface area (Å²) in [6.45, 7) is 6.15. The summed E-state index contributed by atoms with van der Waals surface area (Å²) in [4.78, 5) is 26.5. The third-order valence-electron chi connectivity index (χ3n) is 4.49. The highest BCUT2D eigenvalue weighted by atomic mass is 16.2. The van der Waals surface area contributed by atoms with Crippen molar-refractivity contribution in [2.24, 2.45) is 0 Å². The van der Waals surface area contributed by atoms with Gasteiger partial charge >= 0.3 is 0 Å². The van der Waals surface area contributed by atoms with E-state index in [2.05, 4.69) is 29.4 Å². The van der Waals surface area contributed by atoms with E-state index in [0.29, 0.717) is 25.6 Å². The molecule has 1 atom stereocenters. The van der Waals surface area contributed by atoms with E-state index in [0.717, 1.165) is 31.4 Å². The Bertz CT molecular complexity index is 531. The van der Waals surface area contributed by atoms with E-state index < -0.39 is 0 Å². The molecule has 1 aromatic rings. The van der Waals surface area contributed by atoms with E-state index in [4.69, 9.17) is 0 Å². The van der Waals surface area contributed by atoms with Crippen LogP contribution < -0.4 is 10.6 Å². The summed E-state index contributed by atoms with van der Waals surface area (Å²) in [5.74, 6) is 0.0165. The monoisotopic (exact) mass is 331 g/mol. The van der Waals surface area contributed by atoms with Crippen molar-refractivity contribution in [3.8, 4) is 0 Å². The van der Waals surface area contributed by atoms with E-state index in [-0.39, 0.29) is 17.9 Å². The number of likely N-dealkylation sites (tertiary alicyclic amines) is 1. The molecule has 1 unspecified atom stereocenters. The summed E-state index contributed by atoms with van der Waals surface area (Å²) >= 11 is 0. The Balaban J connectivity index is 1.68. The zero-order chi connectivity index (χ0) is 17.4. The van der Waals surface area contributed by atoms with Gasteiger partial charge in [0.2, 0.25) is 11.8 Å². The van der Waals surface area contributed by atoms with Gasteiger partial charge in [0, 0.05) is 25.6 Å². The molecule has 0 radical (unpaired) electrons. The fraction of sp³-hybridized carbons (Fsp3) is 0.579. The van der Waals surface area contributed by atoms with Gasteiger partial charge in [0.15, 0.2) is 0 Å². The molecular weight excluding hydrogens is 302 g/mol. The Morgan fingerprint density at radius 3 is 2.62 bits per heavy atom. The number of piperidine rings is 1. The van der Waals surface area contributed by atoms with Crippen LogP contribution in [0.4, 0.5) is 0 Å². The Hall–Kier alpha value is -1.88. The van der Waals surface area contributed by atoms with Crippen LogP contribution in [0.15, 0.2) is 30.3 Å². The van der Waals surface area contributed by atoms with Gasteiger partial charge in [0.25, 0.3) is 0 Å². The number of hydrogen-bond donors (Lipinski definition) is 2. The molecule has 2 amide bonds. The summed E-state index contributed by atoms with van der Waals surface area (Å²) in [5.41, 5.74) is 1.07. The molecule has 1 saturated heterocycles. The molecule has 0 spiro atoms. The third-order valence-corrected chi connectivity index (χ3v) is 4.49. The number of amides is 2. The zero-order valence-electron chi connectivity index (χ0n) is 14.8. The maximum atomic E-state index is 12.4. The highest BCUT2D eigenvalue weighted by Gasteiger charge is 2.29. The lowest BCUT2D eigenvalue weighted by Gasteiger charge is -2.37. The fourth-order valence-corrected chi connectivity index (χ4v) is 3.16. The Labute approximate surface area is 144 Å². The molecule has 0 aromatic heterocycles. The highest BCUT2D eigenvalue weighted by molar-refractivity contribution is 5.83. The van der Waals surface area contributed by atoms with Crippen molar-refractivity contribution in [1.82, 2.24) is 15.5 Å². The molecule has 0 bridgehead atoms. The van der Waals surface area contributed by atoms with Gasteiger partial charge in [-0.25, -0.2) is 0 Å². The van der Waals surface area contributed by atoms with Gasteiger partial charge in [0.05, 0.1) is 6.04 Å². The first-order valence-electron chi connectivity index (χ1n) is 8.92. The Kier molecular flexibility index (Phi) is 7.25. The normalized spacial score (nSPS) is 18.4. The Morgan fingerprint density at radius 2 is 1.92 bits per heavy atom. The molecular formula is C19H29N3O2. The van der Waals surface area contributed by atoms with Crippen molar-refractivity contribution in [3.63, 3.8) is 0 Å². The van der Waals surface area contributed by atoms with E-state index >= 15 is 0 Å². The smallest absolute Gasteiger partial charge is 0.237 e. The summed E-state index contributed by atoms with van der Waals surface area (Å²) in [6, 6.07) is 10.1. The SMILES string of the molecule is CC(C)N1CCCCC1C(=O)NCCC(=O)NCc1ccccc1. The number of benzene rings is 1. The van der Waals surface area contributed by atoms with E-state index in [1.165, 1.54) is 0 Å². The molecule has 1 aromatic carbocycles. The molecule has 2 rings (SSSR count). The number of rotatable bonds is 7. The van der Waals surface area contributed by atoms with Crippen molar-refractivity contribution in [1.29, 1.82) is 0 Å². The van der Waals surface area contributed by atoms with Gasteiger partial charge in [-0.3, -0.25) is 14.5 Å². The molecule has 1 heterocycles. The van der Waals surface area contributed by atoms with Crippen molar-refractivity contribution in [2.45, 2.75) is 58.2 Å². The summed E-state index contributed by atoms with van der Waals surface area (Å²) in [5, 5.41) is 5.80. The molecule has 0 aliphatic carbocycles. The van der Waals surface area contributed by atoms with Gasteiger partial charge in [-0.15, -0.1) is 0 Å². The standard InChI is InChI=1S/C19H29N3O2/c1-15(2)22-13-7-6-10-17(22)19(24)20-12-11-18(23)21-14-16-8-4-3-5-9-16/h3-5,8-9,15,17H,6-7,10-14H2,1-2H3,(H,20,24)(H,21,23). The van der Waals surface area contributed by atoms with Crippen molar-refractivity contribution in [3.05, 3.63) is 35.9 Å². The first kappa shape index (κ1) is 18.5. The van der Waals surface area contributed by atoms with Crippen molar-refractivity contribution < 1.29 is 9.59 Å². The molecule has 2 N–H and O–H groups in total. The first-order chi connectivity index (χ1) is 11.6. The lowest BCUT2D eigenvalue weighted by Crippen LogP contribution is -2.52. The van der Waals surface area contributed by atoms with Crippen LogP contribution in [0, 0.1) is 0 Å². The molecule has 132 valence electrons. The van der Waals surface area contributed by atoms with Crippen LogP contribution in [-0.4, -0.2) is 41.9 Å². The number of carbonyl (C=O) groups is 2. The molecule has 0 saturated carbocycles. The number of carbonyl (C=O) groups excluding carboxylic acids is 2. The maximum absolute atomic E-state index is 12.4. The second kappa shape index (κ2) is 9.42. The van der Waals surface area contributed by atoms with Crippen molar-refractivity contribution in [2.75, 3.05) is 13.1 Å². The minimum absolute atomic E-state index is 0.0384.